The topological polar surface area (TPSA) is 36.4 Å². The highest BCUT2D eigenvalue weighted by atomic mass is 16.3. The van der Waals surface area contributed by atoms with Crippen molar-refractivity contribution in [3.8, 4) is 0 Å². The molecule has 2 aliphatic heterocycles. The van der Waals surface area contributed by atoms with E-state index in [1.165, 1.54) is 16.7 Å². The van der Waals surface area contributed by atoms with Gasteiger partial charge in [0, 0.05) is 36.5 Å². The van der Waals surface area contributed by atoms with E-state index in [9.17, 15) is 5.11 Å². The Kier molecular flexibility index (Phi) is 4.65. The summed E-state index contributed by atoms with van der Waals surface area (Å²) in [6.07, 6.45) is 16.7. The summed E-state index contributed by atoms with van der Waals surface area (Å²) in [5, 5.41) is 12.1. The van der Waals surface area contributed by atoms with E-state index in [1.807, 2.05) is 18.5 Å². The lowest BCUT2D eigenvalue weighted by molar-refractivity contribution is -0.183. The molecule has 0 amide bonds. The lowest BCUT2D eigenvalue weighted by atomic mass is 9.79. The van der Waals surface area contributed by atoms with Gasteiger partial charge in [-0.05, 0) is 55.7 Å². The molecule has 1 saturated heterocycles. The number of fused-ring (bicyclic) bond motifs is 3. The van der Waals surface area contributed by atoms with Gasteiger partial charge in [0.15, 0.2) is 0 Å². The molecule has 3 aliphatic rings. The normalized spacial score (nSPS) is 28.8. The Morgan fingerprint density at radius 1 is 1.18 bits per heavy atom. The number of rotatable bonds is 5. The number of piperidine rings is 1. The molecule has 3 heterocycles. The van der Waals surface area contributed by atoms with E-state index in [-0.39, 0.29) is 12.0 Å². The maximum atomic E-state index is 12.1. The van der Waals surface area contributed by atoms with Gasteiger partial charge in [-0.1, -0.05) is 54.1 Å². The molecule has 0 bridgehead atoms. The van der Waals surface area contributed by atoms with E-state index < -0.39 is 5.72 Å². The van der Waals surface area contributed by atoms with Crippen LogP contribution in [0.5, 0.6) is 0 Å². The van der Waals surface area contributed by atoms with Gasteiger partial charge >= 0.3 is 0 Å². The highest BCUT2D eigenvalue weighted by Gasteiger charge is 2.54. The number of nitrogens with zero attached hydrogens (tertiary/aromatic N) is 2. The van der Waals surface area contributed by atoms with Crippen LogP contribution < -0.4 is 0 Å². The third-order valence-electron chi connectivity index (χ3n) is 6.86. The van der Waals surface area contributed by atoms with Crippen molar-refractivity contribution in [1.82, 2.24) is 9.88 Å². The average molecular weight is 373 g/mol. The molecule has 3 heteroatoms. The molecular weight excluding hydrogens is 344 g/mol. The molecule has 144 valence electrons. The predicted octanol–water partition coefficient (Wildman–Crippen LogP) is 4.90. The van der Waals surface area contributed by atoms with Crippen LogP contribution in [0.25, 0.3) is 0 Å². The number of allylic oxidation sites excluding steroid dienone is 3. The Labute approximate surface area is 167 Å². The highest BCUT2D eigenvalue weighted by molar-refractivity contribution is 5.42. The van der Waals surface area contributed by atoms with Crippen LogP contribution in [0.1, 0.15) is 54.8 Å². The smallest absolute Gasteiger partial charge is 0.148 e. The minimum atomic E-state index is -0.839. The molecular formula is C25H28N2O. The number of aryl methyl sites for hydroxylation is 1. The molecule has 1 aromatic carbocycles. The Morgan fingerprint density at radius 2 is 2.11 bits per heavy atom. The molecule has 0 unspecified atom stereocenters. The van der Waals surface area contributed by atoms with Gasteiger partial charge in [-0.25, -0.2) is 0 Å². The summed E-state index contributed by atoms with van der Waals surface area (Å²) in [6.45, 7) is 0.972. The van der Waals surface area contributed by atoms with E-state index in [2.05, 4.69) is 58.4 Å². The molecule has 3 nitrogen and oxygen atoms in total. The maximum Gasteiger partial charge on any atom is 0.148 e. The summed E-state index contributed by atoms with van der Waals surface area (Å²) in [4.78, 5) is 6.66. The predicted molar refractivity (Wildman–Crippen MR) is 112 cm³/mol. The van der Waals surface area contributed by atoms with Crippen LogP contribution in [0.15, 0.2) is 72.6 Å². The summed E-state index contributed by atoms with van der Waals surface area (Å²) in [5.74, 6) is 0.253. The zero-order valence-corrected chi connectivity index (χ0v) is 16.3. The van der Waals surface area contributed by atoms with E-state index >= 15 is 0 Å². The lowest BCUT2D eigenvalue weighted by Crippen LogP contribution is -2.52. The number of benzene rings is 1. The van der Waals surface area contributed by atoms with Crippen molar-refractivity contribution >= 4 is 0 Å². The highest BCUT2D eigenvalue weighted by Crippen LogP contribution is 2.54. The number of pyridine rings is 1. The zero-order valence-electron chi connectivity index (χ0n) is 16.3. The van der Waals surface area contributed by atoms with Gasteiger partial charge in [-0.2, -0.15) is 0 Å². The summed E-state index contributed by atoms with van der Waals surface area (Å²) in [7, 11) is 0. The van der Waals surface area contributed by atoms with Crippen LogP contribution in [0.2, 0.25) is 0 Å². The molecule has 0 spiro atoms. The number of aromatic nitrogens is 1. The van der Waals surface area contributed by atoms with Crippen LogP contribution in [0.3, 0.4) is 0 Å². The third kappa shape index (κ3) is 2.94. The van der Waals surface area contributed by atoms with Crippen molar-refractivity contribution in [2.45, 2.75) is 50.3 Å². The molecule has 1 fully saturated rings. The second kappa shape index (κ2) is 7.31. The molecule has 28 heavy (non-hydrogen) atoms. The van der Waals surface area contributed by atoms with Gasteiger partial charge in [0.05, 0.1) is 0 Å². The quantitative estimate of drug-likeness (QED) is 0.811. The van der Waals surface area contributed by atoms with Crippen molar-refractivity contribution in [2.75, 3.05) is 6.54 Å². The SMILES string of the molecule is O[C@@]12c3ccccc3[C@H](CC3=CC=CC3)N1CCC[C@@H]2CCc1cccnc1. The molecule has 3 atom stereocenters. The monoisotopic (exact) mass is 372 g/mol. The molecule has 0 radical (unpaired) electrons. The molecule has 2 aromatic rings. The fourth-order valence-electron chi connectivity index (χ4n) is 5.52. The minimum Gasteiger partial charge on any atom is -0.371 e. The molecule has 1 aliphatic carbocycles. The van der Waals surface area contributed by atoms with Gasteiger partial charge < -0.3 is 5.11 Å². The van der Waals surface area contributed by atoms with Crippen LogP contribution in [0, 0.1) is 5.92 Å². The summed E-state index contributed by atoms with van der Waals surface area (Å²) in [6, 6.07) is 13.0. The summed E-state index contributed by atoms with van der Waals surface area (Å²) in [5.41, 5.74) is 4.36. The number of hydrogen-bond donors (Lipinski definition) is 1. The van der Waals surface area contributed by atoms with E-state index in [0.717, 1.165) is 50.6 Å². The van der Waals surface area contributed by atoms with Crippen LogP contribution >= 0.6 is 0 Å². The molecule has 1 N–H and O–H groups in total. The Balaban J connectivity index is 1.45. The van der Waals surface area contributed by atoms with Crippen molar-refractivity contribution in [3.05, 3.63) is 89.3 Å². The van der Waals surface area contributed by atoms with Crippen molar-refractivity contribution in [2.24, 2.45) is 5.92 Å². The fraction of sp³-hybridized carbons (Fsp3) is 0.400. The first-order valence-corrected chi connectivity index (χ1v) is 10.6. The second-order valence-electron chi connectivity index (χ2n) is 8.42. The van der Waals surface area contributed by atoms with Gasteiger partial charge in [0.1, 0.15) is 5.72 Å². The lowest BCUT2D eigenvalue weighted by Gasteiger charge is -2.47. The van der Waals surface area contributed by atoms with Gasteiger partial charge in [-0.15, -0.1) is 0 Å². The number of hydrogen-bond acceptors (Lipinski definition) is 3. The molecule has 0 saturated carbocycles. The van der Waals surface area contributed by atoms with Crippen molar-refractivity contribution in [3.63, 3.8) is 0 Å². The first kappa shape index (κ1) is 17.8. The van der Waals surface area contributed by atoms with Gasteiger partial charge in [-0.3, -0.25) is 9.88 Å². The number of aliphatic hydroxyl groups is 1. The van der Waals surface area contributed by atoms with Gasteiger partial charge in [0.2, 0.25) is 0 Å². The van der Waals surface area contributed by atoms with E-state index in [4.69, 9.17) is 0 Å². The third-order valence-corrected chi connectivity index (χ3v) is 6.86. The summed E-state index contributed by atoms with van der Waals surface area (Å²) < 4.78 is 0. The van der Waals surface area contributed by atoms with E-state index in [1.54, 1.807) is 0 Å². The van der Waals surface area contributed by atoms with Gasteiger partial charge in [0.25, 0.3) is 0 Å². The zero-order chi connectivity index (χ0) is 19.0. The molecule has 5 rings (SSSR count). The average Bonchev–Trinajstić information content (AvgIpc) is 3.33. The van der Waals surface area contributed by atoms with Crippen LogP contribution in [0.4, 0.5) is 0 Å². The maximum absolute atomic E-state index is 12.1. The largest absolute Gasteiger partial charge is 0.371 e. The first-order chi connectivity index (χ1) is 13.8. The fourth-order valence-corrected chi connectivity index (χ4v) is 5.52. The van der Waals surface area contributed by atoms with Crippen molar-refractivity contribution in [1.29, 1.82) is 0 Å². The Bertz CT molecular complexity index is 904. The van der Waals surface area contributed by atoms with Crippen LogP contribution in [-0.4, -0.2) is 21.5 Å². The van der Waals surface area contributed by atoms with E-state index in [0.29, 0.717) is 0 Å². The second-order valence-corrected chi connectivity index (χ2v) is 8.42. The van der Waals surface area contributed by atoms with Crippen LogP contribution in [-0.2, 0) is 12.1 Å². The molecule has 1 aromatic heterocycles. The minimum absolute atomic E-state index is 0.253. The van der Waals surface area contributed by atoms with Crippen molar-refractivity contribution < 1.29 is 5.11 Å². The Hall–Kier alpha value is -2.23. The standard InChI is InChI=1S/C25H28N2O/c28-25-21(14-13-20-9-5-15-26-18-20)10-6-16-27(25)24(17-19-7-1-2-8-19)22-11-3-4-12-23(22)25/h1-5,7,9,11-12,15,18,21,24,28H,6,8,10,13-14,16-17H2/t21-,24+,25+/m1/s1. The summed E-state index contributed by atoms with van der Waals surface area (Å²) >= 11 is 0. The Morgan fingerprint density at radius 3 is 2.93 bits per heavy atom. The first-order valence-electron chi connectivity index (χ1n) is 10.6.